The number of halogens is 3. The van der Waals surface area contributed by atoms with Crippen molar-refractivity contribution in [2.24, 2.45) is 0 Å². The molecule has 0 radical (unpaired) electrons. The molecule has 0 aliphatic carbocycles. The molecule has 29 heavy (non-hydrogen) atoms. The average molecular weight is 638 g/mol. The largest absolute Gasteiger partial charge is 1.00 e. The lowest BCUT2D eigenvalue weighted by atomic mass is 10.2. The van der Waals surface area contributed by atoms with Crippen molar-refractivity contribution in [1.29, 1.82) is 0 Å². The minimum atomic E-state index is -1.85. The Hall–Kier alpha value is -1.00. The lowest BCUT2D eigenvalue weighted by Crippen LogP contribution is -3.00. The van der Waals surface area contributed by atoms with Gasteiger partial charge in [0.2, 0.25) is 0 Å². The van der Waals surface area contributed by atoms with Gasteiger partial charge in [0.1, 0.15) is 23.2 Å². The molecule has 0 saturated heterocycles. The molecule has 0 bridgehead atoms. The zero-order chi connectivity index (χ0) is 19.4. The molecule has 0 unspecified atom stereocenters. The fraction of sp³-hybridized carbons (Fsp3) is 0.0400. The van der Waals surface area contributed by atoms with Gasteiger partial charge in [-0.15, -0.1) is 0 Å². The molecule has 0 nitrogen and oxygen atoms in total. The van der Waals surface area contributed by atoms with E-state index in [0.717, 1.165) is 10.6 Å². The van der Waals surface area contributed by atoms with Gasteiger partial charge >= 0.3 is 0 Å². The summed E-state index contributed by atoms with van der Waals surface area (Å²) >= 11 is 6.15. The van der Waals surface area contributed by atoms with Crippen LogP contribution in [0.5, 0.6) is 0 Å². The molecule has 146 valence electrons. The molecule has 0 aliphatic rings. The fourth-order valence-corrected chi connectivity index (χ4v) is 9.18. The minimum Gasteiger partial charge on any atom is -1.00 e. The van der Waals surface area contributed by atoms with Crippen molar-refractivity contribution >= 4 is 61.7 Å². The summed E-state index contributed by atoms with van der Waals surface area (Å²) in [6.45, 7) is 0. The molecule has 0 heterocycles. The maximum Gasteiger partial charge on any atom is 0.116 e. The van der Waals surface area contributed by atoms with E-state index in [1.807, 2.05) is 0 Å². The van der Waals surface area contributed by atoms with Crippen LogP contribution in [0.25, 0.3) is 0 Å². The first kappa shape index (κ1) is 22.7. The molecule has 4 rings (SSSR count). The number of rotatable bonds is 5. The van der Waals surface area contributed by atoms with Crippen LogP contribution >= 0.6 is 45.8 Å². The Bertz CT molecular complexity index is 957. The standard InChI is InChI=1S/C25H20BrIP.BrH/c26-21-16-17-25(27)20(18-21)19-28(22-10-4-1-5-11-22,23-12-6-2-7-13-23)24-14-8-3-9-15-24;/h1-18H,19H2;1H/q+1;/p-1. The third-order valence-electron chi connectivity index (χ3n) is 5.01. The molecule has 0 saturated carbocycles. The van der Waals surface area contributed by atoms with Gasteiger partial charge in [0.15, 0.2) is 0 Å². The highest BCUT2D eigenvalue weighted by molar-refractivity contribution is 14.1. The van der Waals surface area contributed by atoms with Crippen LogP contribution in [0.2, 0.25) is 0 Å². The Morgan fingerprint density at radius 3 is 1.45 bits per heavy atom. The van der Waals surface area contributed by atoms with Crippen molar-refractivity contribution in [2.75, 3.05) is 0 Å². The first-order valence-corrected chi connectivity index (χ1v) is 13.0. The van der Waals surface area contributed by atoms with Crippen LogP contribution in [-0.4, -0.2) is 0 Å². The monoisotopic (exact) mass is 636 g/mol. The van der Waals surface area contributed by atoms with E-state index in [1.54, 1.807) is 0 Å². The highest BCUT2D eigenvalue weighted by Crippen LogP contribution is 2.58. The van der Waals surface area contributed by atoms with Gasteiger partial charge < -0.3 is 17.0 Å². The SMILES string of the molecule is Brc1ccc(I)c(C[P+](c2ccccc2)(c2ccccc2)c2ccccc2)c1.[Br-]. The van der Waals surface area contributed by atoms with Gasteiger partial charge in [0.25, 0.3) is 0 Å². The molecule has 0 fully saturated rings. The second-order valence-electron chi connectivity index (χ2n) is 6.71. The maximum atomic E-state index is 3.68. The number of hydrogen-bond donors (Lipinski definition) is 0. The van der Waals surface area contributed by atoms with E-state index in [1.165, 1.54) is 25.0 Å². The fourth-order valence-electron chi connectivity index (χ4n) is 3.69. The maximum absolute atomic E-state index is 3.68. The minimum absolute atomic E-state index is 0. The van der Waals surface area contributed by atoms with Crippen LogP contribution in [0.4, 0.5) is 0 Å². The Labute approximate surface area is 206 Å². The van der Waals surface area contributed by atoms with Gasteiger partial charge in [-0.1, -0.05) is 70.5 Å². The van der Waals surface area contributed by atoms with Gasteiger partial charge in [-0.25, -0.2) is 0 Å². The van der Waals surface area contributed by atoms with E-state index < -0.39 is 7.26 Å². The summed E-state index contributed by atoms with van der Waals surface area (Å²) in [5.74, 6) is 0. The van der Waals surface area contributed by atoms with Crippen LogP contribution in [0.15, 0.2) is 114 Å². The second-order valence-corrected chi connectivity index (χ2v) is 12.3. The Kier molecular flexibility index (Phi) is 8.09. The van der Waals surface area contributed by atoms with Crippen LogP contribution in [0.3, 0.4) is 0 Å². The van der Waals surface area contributed by atoms with Crippen LogP contribution in [-0.2, 0) is 6.16 Å². The molecular weight excluding hydrogens is 618 g/mol. The van der Waals surface area contributed by atoms with Crippen molar-refractivity contribution in [1.82, 2.24) is 0 Å². The van der Waals surface area contributed by atoms with Gasteiger partial charge in [-0.3, -0.25) is 0 Å². The first-order valence-electron chi connectivity index (χ1n) is 9.19. The van der Waals surface area contributed by atoms with Gasteiger partial charge in [-0.2, -0.15) is 0 Å². The van der Waals surface area contributed by atoms with E-state index in [9.17, 15) is 0 Å². The summed E-state index contributed by atoms with van der Waals surface area (Å²) in [6.07, 6.45) is 1.00. The molecule has 0 aromatic heterocycles. The van der Waals surface area contributed by atoms with Crippen molar-refractivity contribution in [3.8, 4) is 0 Å². The molecule has 4 aromatic rings. The lowest BCUT2D eigenvalue weighted by molar-refractivity contribution is -0.00000516. The van der Waals surface area contributed by atoms with E-state index in [2.05, 4.69) is 148 Å². The van der Waals surface area contributed by atoms with Crippen LogP contribution in [0, 0.1) is 3.57 Å². The molecule has 0 atom stereocenters. The summed E-state index contributed by atoms with van der Waals surface area (Å²) in [5, 5.41) is 4.26. The quantitative estimate of drug-likeness (QED) is 0.232. The van der Waals surface area contributed by atoms with E-state index >= 15 is 0 Å². The first-order chi connectivity index (χ1) is 13.7. The molecular formula is C25H20Br2IP. The predicted octanol–water partition coefficient (Wildman–Crippen LogP) is 3.55. The summed E-state index contributed by atoms with van der Waals surface area (Å²) in [5.41, 5.74) is 1.39. The van der Waals surface area contributed by atoms with E-state index in [0.29, 0.717) is 0 Å². The topological polar surface area (TPSA) is 0 Å². The zero-order valence-electron chi connectivity index (χ0n) is 15.7. The lowest BCUT2D eigenvalue weighted by Gasteiger charge is -2.28. The molecule has 0 N–H and O–H groups in total. The summed E-state index contributed by atoms with van der Waals surface area (Å²) in [7, 11) is -1.85. The van der Waals surface area contributed by atoms with Crippen LogP contribution < -0.4 is 32.9 Å². The average Bonchev–Trinajstić information content (AvgIpc) is 2.76. The zero-order valence-corrected chi connectivity index (χ0v) is 21.9. The molecule has 0 aliphatic heterocycles. The molecule has 0 spiro atoms. The predicted molar refractivity (Wildman–Crippen MR) is 136 cm³/mol. The van der Waals surface area contributed by atoms with Gasteiger partial charge in [-0.05, 0) is 77.2 Å². The highest BCUT2D eigenvalue weighted by Gasteiger charge is 2.45. The molecule has 0 amide bonds. The van der Waals surface area contributed by atoms with Crippen molar-refractivity contribution in [3.63, 3.8) is 0 Å². The normalized spacial score (nSPS) is 11.0. The number of benzene rings is 4. The Balaban J connectivity index is 0.00000240. The third-order valence-corrected chi connectivity index (χ3v) is 10.9. The van der Waals surface area contributed by atoms with Crippen molar-refractivity contribution in [2.45, 2.75) is 6.16 Å². The molecule has 4 heteroatoms. The van der Waals surface area contributed by atoms with Gasteiger partial charge in [0.05, 0.1) is 6.16 Å². The highest BCUT2D eigenvalue weighted by atomic mass is 127. The van der Waals surface area contributed by atoms with E-state index in [4.69, 9.17) is 0 Å². The summed E-state index contributed by atoms with van der Waals surface area (Å²) in [6, 6.07) is 39.8. The van der Waals surface area contributed by atoms with E-state index in [-0.39, 0.29) is 17.0 Å². The van der Waals surface area contributed by atoms with Crippen LogP contribution in [0.1, 0.15) is 5.56 Å². The van der Waals surface area contributed by atoms with Crippen molar-refractivity contribution in [3.05, 3.63) is 123 Å². The summed E-state index contributed by atoms with van der Waals surface area (Å²) in [4.78, 5) is 0. The molecule has 4 aromatic carbocycles. The smallest absolute Gasteiger partial charge is 0.116 e. The third kappa shape index (κ3) is 4.85. The van der Waals surface area contributed by atoms with Crippen molar-refractivity contribution < 1.29 is 17.0 Å². The van der Waals surface area contributed by atoms with Gasteiger partial charge in [0, 0.05) is 13.6 Å². The number of hydrogen-bond acceptors (Lipinski definition) is 0. The Morgan fingerprint density at radius 2 is 1.03 bits per heavy atom. The Morgan fingerprint density at radius 1 is 0.621 bits per heavy atom. The second kappa shape index (κ2) is 10.3. The summed E-state index contributed by atoms with van der Waals surface area (Å²) < 4.78 is 2.45.